The third-order valence-electron chi connectivity index (χ3n) is 2.74. The summed E-state index contributed by atoms with van der Waals surface area (Å²) in [6.07, 6.45) is 0. The molecule has 82 valence electrons. The minimum absolute atomic E-state index is 0.221. The molecule has 1 fully saturated rings. The van der Waals surface area contributed by atoms with E-state index in [1.54, 1.807) is 5.54 Å². The Morgan fingerprint density at radius 2 is 2.29 bits per heavy atom. The largest absolute Gasteiger partial charge is 0.309 e. The van der Waals surface area contributed by atoms with Crippen molar-refractivity contribution < 1.29 is 0 Å². The van der Waals surface area contributed by atoms with Crippen LogP contribution in [0.1, 0.15) is 27.7 Å². The summed E-state index contributed by atoms with van der Waals surface area (Å²) < 4.78 is 0. The van der Waals surface area contributed by atoms with Gasteiger partial charge in [0, 0.05) is 36.8 Å². The molecular weight excluding hydrogens is 196 g/mol. The smallest absolute Gasteiger partial charge is 0.0253 e. The first-order valence-electron chi connectivity index (χ1n) is 5.19. The molecule has 0 aromatic rings. The SMILES string of the molecule is C/C(=C\Cl)CN1CC(C)(C)NCC1C. The highest BCUT2D eigenvalue weighted by Gasteiger charge is 2.29. The van der Waals surface area contributed by atoms with E-state index in [2.05, 4.69) is 37.9 Å². The number of piperazine rings is 1. The molecule has 0 aliphatic carbocycles. The highest BCUT2D eigenvalue weighted by molar-refractivity contribution is 6.25. The molecule has 1 atom stereocenters. The molecule has 1 heterocycles. The van der Waals surface area contributed by atoms with Crippen LogP contribution in [0.4, 0.5) is 0 Å². The summed E-state index contributed by atoms with van der Waals surface area (Å²) >= 11 is 5.69. The third kappa shape index (κ3) is 3.26. The summed E-state index contributed by atoms with van der Waals surface area (Å²) in [7, 11) is 0. The zero-order chi connectivity index (χ0) is 10.8. The fourth-order valence-electron chi connectivity index (χ4n) is 1.84. The Labute approximate surface area is 92.3 Å². The Bertz CT molecular complexity index is 223. The molecule has 2 nitrogen and oxygen atoms in total. The van der Waals surface area contributed by atoms with Crippen LogP contribution in [0.25, 0.3) is 0 Å². The molecule has 1 aliphatic heterocycles. The van der Waals surface area contributed by atoms with Crippen molar-refractivity contribution in [3.05, 3.63) is 11.1 Å². The van der Waals surface area contributed by atoms with Gasteiger partial charge in [-0.3, -0.25) is 4.90 Å². The number of nitrogens with zero attached hydrogens (tertiary/aromatic N) is 1. The first kappa shape index (κ1) is 12.0. The first-order valence-corrected chi connectivity index (χ1v) is 5.63. The molecular formula is C11H21ClN2. The second-order valence-electron chi connectivity index (χ2n) is 4.97. The van der Waals surface area contributed by atoms with Gasteiger partial charge in [0.1, 0.15) is 0 Å². The monoisotopic (exact) mass is 216 g/mol. The number of rotatable bonds is 2. The Hall–Kier alpha value is -0.0500. The van der Waals surface area contributed by atoms with Crippen molar-refractivity contribution >= 4 is 11.6 Å². The zero-order valence-corrected chi connectivity index (χ0v) is 10.4. The number of hydrogen-bond acceptors (Lipinski definition) is 2. The molecule has 0 spiro atoms. The highest BCUT2D eigenvalue weighted by atomic mass is 35.5. The summed E-state index contributed by atoms with van der Waals surface area (Å²) in [6.45, 7) is 11.9. The summed E-state index contributed by atoms with van der Waals surface area (Å²) in [5.74, 6) is 0. The average Bonchev–Trinajstić information content (AvgIpc) is 2.11. The Morgan fingerprint density at radius 1 is 1.64 bits per heavy atom. The van der Waals surface area contributed by atoms with Gasteiger partial charge in [0.05, 0.1) is 0 Å². The lowest BCUT2D eigenvalue weighted by atomic mass is 9.99. The number of hydrogen-bond donors (Lipinski definition) is 1. The Morgan fingerprint density at radius 3 is 2.86 bits per heavy atom. The van der Waals surface area contributed by atoms with Crippen molar-refractivity contribution in [3.8, 4) is 0 Å². The van der Waals surface area contributed by atoms with Crippen LogP contribution in [0, 0.1) is 0 Å². The lowest BCUT2D eigenvalue weighted by Gasteiger charge is -2.43. The quantitative estimate of drug-likeness (QED) is 0.762. The average molecular weight is 217 g/mol. The van der Waals surface area contributed by atoms with Gasteiger partial charge in [0.25, 0.3) is 0 Å². The van der Waals surface area contributed by atoms with E-state index < -0.39 is 0 Å². The lowest BCUT2D eigenvalue weighted by Crippen LogP contribution is -2.60. The van der Waals surface area contributed by atoms with Crippen LogP contribution >= 0.6 is 11.6 Å². The molecule has 1 aliphatic rings. The minimum Gasteiger partial charge on any atom is -0.309 e. The predicted molar refractivity (Wildman–Crippen MR) is 62.7 cm³/mol. The zero-order valence-electron chi connectivity index (χ0n) is 9.60. The van der Waals surface area contributed by atoms with Gasteiger partial charge in [-0.25, -0.2) is 0 Å². The van der Waals surface area contributed by atoms with E-state index in [1.807, 2.05) is 0 Å². The topological polar surface area (TPSA) is 15.3 Å². The van der Waals surface area contributed by atoms with Crippen molar-refractivity contribution in [2.24, 2.45) is 0 Å². The van der Waals surface area contributed by atoms with Crippen LogP contribution in [0.5, 0.6) is 0 Å². The Balaban J connectivity index is 2.57. The van der Waals surface area contributed by atoms with Crippen LogP contribution < -0.4 is 5.32 Å². The molecule has 1 unspecified atom stereocenters. The molecule has 0 aromatic carbocycles. The van der Waals surface area contributed by atoms with Gasteiger partial charge in [-0.05, 0) is 33.3 Å². The minimum atomic E-state index is 0.221. The molecule has 1 rings (SSSR count). The van der Waals surface area contributed by atoms with Gasteiger partial charge >= 0.3 is 0 Å². The highest BCUT2D eigenvalue weighted by Crippen LogP contribution is 2.16. The first-order chi connectivity index (χ1) is 6.44. The maximum atomic E-state index is 5.69. The molecule has 0 aromatic heterocycles. The van der Waals surface area contributed by atoms with Gasteiger partial charge in [-0.1, -0.05) is 11.6 Å². The van der Waals surface area contributed by atoms with Crippen LogP contribution in [0.15, 0.2) is 11.1 Å². The van der Waals surface area contributed by atoms with E-state index in [0.717, 1.165) is 19.6 Å². The summed E-state index contributed by atoms with van der Waals surface area (Å²) in [6, 6.07) is 0.592. The Kier molecular flexibility index (Phi) is 3.99. The molecule has 14 heavy (non-hydrogen) atoms. The van der Waals surface area contributed by atoms with Crippen molar-refractivity contribution in [2.45, 2.75) is 39.3 Å². The van der Waals surface area contributed by atoms with Gasteiger partial charge in [-0.15, -0.1) is 0 Å². The third-order valence-corrected chi connectivity index (χ3v) is 3.11. The summed E-state index contributed by atoms with van der Waals surface area (Å²) in [4.78, 5) is 2.48. The standard InChI is InChI=1S/C11H21ClN2/c1-9(5-12)7-14-8-11(3,4)13-6-10(14)2/h5,10,13H,6-8H2,1-4H3/b9-5+. The fourth-order valence-corrected chi connectivity index (χ4v) is 1.91. The van der Waals surface area contributed by atoms with Crippen LogP contribution in [0.3, 0.4) is 0 Å². The van der Waals surface area contributed by atoms with E-state index in [4.69, 9.17) is 11.6 Å². The van der Waals surface area contributed by atoms with Crippen LogP contribution in [-0.2, 0) is 0 Å². The normalized spacial score (nSPS) is 29.2. The van der Waals surface area contributed by atoms with E-state index >= 15 is 0 Å². The van der Waals surface area contributed by atoms with E-state index in [0.29, 0.717) is 6.04 Å². The van der Waals surface area contributed by atoms with Gasteiger partial charge in [-0.2, -0.15) is 0 Å². The molecule has 3 heteroatoms. The molecule has 1 saturated heterocycles. The maximum absolute atomic E-state index is 5.69. The van der Waals surface area contributed by atoms with E-state index in [-0.39, 0.29) is 5.54 Å². The van der Waals surface area contributed by atoms with Crippen molar-refractivity contribution in [1.29, 1.82) is 0 Å². The molecule has 0 bridgehead atoms. The van der Waals surface area contributed by atoms with Crippen molar-refractivity contribution in [1.82, 2.24) is 10.2 Å². The molecule has 1 N–H and O–H groups in total. The van der Waals surface area contributed by atoms with E-state index in [9.17, 15) is 0 Å². The second kappa shape index (κ2) is 4.65. The molecule has 0 saturated carbocycles. The van der Waals surface area contributed by atoms with Crippen LogP contribution in [-0.4, -0.2) is 36.1 Å². The van der Waals surface area contributed by atoms with Crippen molar-refractivity contribution in [3.63, 3.8) is 0 Å². The molecule has 0 radical (unpaired) electrons. The van der Waals surface area contributed by atoms with Gasteiger partial charge < -0.3 is 5.32 Å². The predicted octanol–water partition coefficient (Wildman–Crippen LogP) is 2.20. The van der Waals surface area contributed by atoms with Crippen molar-refractivity contribution in [2.75, 3.05) is 19.6 Å². The number of nitrogens with one attached hydrogen (secondary N) is 1. The van der Waals surface area contributed by atoms with E-state index in [1.165, 1.54) is 5.57 Å². The fraction of sp³-hybridized carbons (Fsp3) is 0.818. The lowest BCUT2D eigenvalue weighted by molar-refractivity contribution is 0.115. The maximum Gasteiger partial charge on any atom is 0.0253 e. The number of halogens is 1. The van der Waals surface area contributed by atoms with Gasteiger partial charge in [0.2, 0.25) is 0 Å². The molecule has 0 amide bonds. The summed E-state index contributed by atoms with van der Waals surface area (Å²) in [5, 5.41) is 3.54. The second-order valence-corrected chi connectivity index (χ2v) is 5.19. The summed E-state index contributed by atoms with van der Waals surface area (Å²) in [5.41, 5.74) is 3.14. The van der Waals surface area contributed by atoms with Crippen LogP contribution in [0.2, 0.25) is 0 Å². The van der Waals surface area contributed by atoms with Gasteiger partial charge in [0.15, 0.2) is 0 Å².